The Morgan fingerprint density at radius 1 is 1.17 bits per heavy atom. The fourth-order valence-corrected chi connectivity index (χ4v) is 3.26. The first-order valence-corrected chi connectivity index (χ1v) is 10.8. The third-order valence-corrected chi connectivity index (χ3v) is 4.54. The molecule has 168 valence electrons. The van der Waals surface area contributed by atoms with Crippen molar-refractivity contribution in [3.05, 3.63) is 34.9 Å². The van der Waals surface area contributed by atoms with Gasteiger partial charge in [-0.15, -0.1) is 23.2 Å². The molecule has 1 aromatic rings. The van der Waals surface area contributed by atoms with Crippen LogP contribution in [-0.4, -0.2) is 64.5 Å². The van der Waals surface area contributed by atoms with Crippen LogP contribution in [-0.2, 0) is 16.0 Å². The molecule has 0 spiro atoms. The number of ether oxygens (including phenoxy) is 1. The summed E-state index contributed by atoms with van der Waals surface area (Å²) in [7, 11) is 0. The number of hydrogen-bond donors (Lipinski definition) is 2. The number of carbonyl (C=O) groups excluding carboxylic acids is 2. The minimum atomic E-state index is -1.05. The van der Waals surface area contributed by atoms with Crippen molar-refractivity contribution in [1.29, 1.82) is 0 Å². The van der Waals surface area contributed by atoms with E-state index < -0.39 is 23.7 Å². The fourth-order valence-electron chi connectivity index (χ4n) is 2.85. The highest BCUT2D eigenvalue weighted by Gasteiger charge is 2.23. The highest BCUT2D eigenvalue weighted by Crippen LogP contribution is 2.17. The Morgan fingerprint density at radius 2 is 1.77 bits per heavy atom. The van der Waals surface area contributed by atoms with E-state index in [-0.39, 0.29) is 18.7 Å². The normalized spacial score (nSPS) is 12.2. The van der Waals surface area contributed by atoms with Gasteiger partial charge in [0, 0.05) is 36.5 Å². The van der Waals surface area contributed by atoms with Crippen LogP contribution >= 0.6 is 23.2 Å². The zero-order valence-corrected chi connectivity index (χ0v) is 19.3. The standard InChI is InChI=1S/C21H30Cl2N2O5/c1-14-5-6-15(19(28)25(9-7-22)10-8-23)11-16(14)12-17(13-18(26)27)24-20(29)30-21(2,3)4/h5-6,11,17H,7-10,12-13H2,1-4H3,(H,24,29)(H,26,27)/t17-/m0/s1. The lowest BCUT2D eigenvalue weighted by Gasteiger charge is -2.24. The number of alkyl halides is 2. The molecule has 0 saturated carbocycles. The molecule has 0 aliphatic heterocycles. The maximum Gasteiger partial charge on any atom is 0.407 e. The smallest absolute Gasteiger partial charge is 0.407 e. The van der Waals surface area contributed by atoms with Crippen LogP contribution in [0.5, 0.6) is 0 Å². The van der Waals surface area contributed by atoms with E-state index in [0.29, 0.717) is 30.4 Å². The molecule has 0 unspecified atom stereocenters. The molecular weight excluding hydrogens is 431 g/mol. The zero-order valence-electron chi connectivity index (χ0n) is 17.8. The minimum Gasteiger partial charge on any atom is -0.481 e. The third-order valence-electron chi connectivity index (χ3n) is 4.20. The van der Waals surface area contributed by atoms with Gasteiger partial charge in [-0.25, -0.2) is 4.79 Å². The summed E-state index contributed by atoms with van der Waals surface area (Å²) in [5.74, 6) is -0.660. The van der Waals surface area contributed by atoms with Crippen LogP contribution in [0.2, 0.25) is 0 Å². The van der Waals surface area contributed by atoms with Gasteiger partial charge in [0.05, 0.1) is 6.42 Å². The van der Waals surface area contributed by atoms with E-state index >= 15 is 0 Å². The number of aryl methyl sites for hydroxylation is 1. The predicted octanol–water partition coefficient (Wildman–Crippen LogP) is 3.83. The average molecular weight is 461 g/mol. The number of carboxylic acid groups (broad SMARTS) is 1. The van der Waals surface area contributed by atoms with Gasteiger partial charge in [0.1, 0.15) is 5.60 Å². The second-order valence-corrected chi connectivity index (χ2v) is 8.71. The average Bonchev–Trinajstić information content (AvgIpc) is 2.60. The summed E-state index contributed by atoms with van der Waals surface area (Å²) in [6.07, 6.45) is -0.723. The van der Waals surface area contributed by atoms with E-state index in [2.05, 4.69) is 5.32 Å². The molecule has 0 aromatic heterocycles. The summed E-state index contributed by atoms with van der Waals surface area (Å²) >= 11 is 11.6. The molecule has 30 heavy (non-hydrogen) atoms. The Morgan fingerprint density at radius 3 is 2.27 bits per heavy atom. The van der Waals surface area contributed by atoms with Gasteiger partial charge in [0.15, 0.2) is 0 Å². The van der Waals surface area contributed by atoms with Crippen molar-refractivity contribution in [3.63, 3.8) is 0 Å². The van der Waals surface area contributed by atoms with Crippen LogP contribution in [0.4, 0.5) is 4.79 Å². The van der Waals surface area contributed by atoms with Crippen molar-refractivity contribution in [2.75, 3.05) is 24.8 Å². The van der Waals surface area contributed by atoms with Crippen LogP contribution in [0.25, 0.3) is 0 Å². The van der Waals surface area contributed by atoms with E-state index in [1.54, 1.807) is 43.9 Å². The highest BCUT2D eigenvalue weighted by molar-refractivity contribution is 6.18. The Bertz CT molecular complexity index is 743. The summed E-state index contributed by atoms with van der Waals surface area (Å²) in [5.41, 5.74) is 1.40. The van der Waals surface area contributed by atoms with Crippen molar-refractivity contribution < 1.29 is 24.2 Å². The van der Waals surface area contributed by atoms with Gasteiger partial charge in [-0.3, -0.25) is 9.59 Å². The Labute approximate surface area is 187 Å². The second kappa shape index (κ2) is 12.0. The summed E-state index contributed by atoms with van der Waals surface area (Å²) in [4.78, 5) is 37.8. The molecule has 0 fully saturated rings. The number of benzene rings is 1. The van der Waals surface area contributed by atoms with Crippen molar-refractivity contribution >= 4 is 41.2 Å². The molecule has 1 rings (SSSR count). The van der Waals surface area contributed by atoms with Gasteiger partial charge < -0.3 is 20.1 Å². The van der Waals surface area contributed by atoms with Crippen molar-refractivity contribution in [2.45, 2.75) is 52.2 Å². The van der Waals surface area contributed by atoms with E-state index in [9.17, 15) is 19.5 Å². The predicted molar refractivity (Wildman–Crippen MR) is 118 cm³/mol. The Hall–Kier alpha value is -1.99. The molecule has 2 amide bonds. The number of halogens is 2. The van der Waals surface area contributed by atoms with E-state index in [1.165, 1.54) is 0 Å². The lowest BCUT2D eigenvalue weighted by molar-refractivity contribution is -0.137. The largest absolute Gasteiger partial charge is 0.481 e. The number of carboxylic acids is 1. The number of amides is 2. The SMILES string of the molecule is Cc1ccc(C(=O)N(CCCl)CCCl)cc1C[C@@H](CC(=O)O)NC(=O)OC(C)(C)C. The zero-order chi connectivity index (χ0) is 22.9. The lowest BCUT2D eigenvalue weighted by atomic mass is 9.96. The topological polar surface area (TPSA) is 95.9 Å². The van der Waals surface area contributed by atoms with Crippen LogP contribution in [0.1, 0.15) is 48.7 Å². The summed E-state index contributed by atoms with van der Waals surface area (Å²) in [6, 6.07) is 4.54. The first-order valence-electron chi connectivity index (χ1n) is 9.69. The number of rotatable bonds is 10. The molecule has 0 aliphatic carbocycles. The molecule has 9 heteroatoms. The van der Waals surface area contributed by atoms with Gasteiger partial charge in [0.25, 0.3) is 5.91 Å². The van der Waals surface area contributed by atoms with E-state index in [0.717, 1.165) is 11.1 Å². The van der Waals surface area contributed by atoms with Crippen molar-refractivity contribution in [3.8, 4) is 0 Å². The van der Waals surface area contributed by atoms with Crippen LogP contribution < -0.4 is 5.32 Å². The quantitative estimate of drug-likeness (QED) is 0.517. The molecule has 2 N–H and O–H groups in total. The van der Waals surface area contributed by atoms with Crippen LogP contribution in [0.3, 0.4) is 0 Å². The first kappa shape index (κ1) is 26.0. The number of hydrogen-bond acceptors (Lipinski definition) is 4. The number of nitrogens with zero attached hydrogens (tertiary/aromatic N) is 1. The summed E-state index contributed by atoms with van der Waals surface area (Å²) < 4.78 is 5.24. The fraction of sp³-hybridized carbons (Fsp3) is 0.571. The van der Waals surface area contributed by atoms with Gasteiger partial charge in [-0.1, -0.05) is 6.07 Å². The highest BCUT2D eigenvalue weighted by atomic mass is 35.5. The molecule has 0 saturated heterocycles. The molecule has 1 atom stereocenters. The lowest BCUT2D eigenvalue weighted by Crippen LogP contribution is -2.41. The second-order valence-electron chi connectivity index (χ2n) is 7.96. The van der Waals surface area contributed by atoms with Gasteiger partial charge >= 0.3 is 12.1 Å². The summed E-state index contributed by atoms with van der Waals surface area (Å²) in [5, 5.41) is 11.9. The molecule has 0 aliphatic rings. The van der Waals surface area contributed by atoms with E-state index in [4.69, 9.17) is 27.9 Å². The number of alkyl carbamates (subject to hydrolysis) is 1. The number of aliphatic carboxylic acids is 1. The number of carbonyl (C=O) groups is 3. The third kappa shape index (κ3) is 9.22. The van der Waals surface area contributed by atoms with Gasteiger partial charge in [-0.05, 0) is 57.4 Å². The van der Waals surface area contributed by atoms with Gasteiger partial charge in [-0.2, -0.15) is 0 Å². The molecule has 0 heterocycles. The Balaban J connectivity index is 3.06. The van der Waals surface area contributed by atoms with Crippen molar-refractivity contribution in [1.82, 2.24) is 10.2 Å². The molecule has 7 nitrogen and oxygen atoms in total. The Kier molecular flexibility index (Phi) is 10.4. The maximum absolute atomic E-state index is 12.8. The maximum atomic E-state index is 12.8. The molecule has 1 aromatic carbocycles. The van der Waals surface area contributed by atoms with E-state index in [1.807, 2.05) is 6.92 Å². The number of nitrogens with one attached hydrogen (secondary N) is 1. The van der Waals surface area contributed by atoms with Crippen LogP contribution in [0.15, 0.2) is 18.2 Å². The first-order chi connectivity index (χ1) is 14.0. The summed E-state index contributed by atoms with van der Waals surface area (Å²) in [6.45, 7) is 7.79. The monoisotopic (exact) mass is 460 g/mol. The molecular formula is C21H30Cl2N2O5. The van der Waals surface area contributed by atoms with Gasteiger partial charge in [0.2, 0.25) is 0 Å². The van der Waals surface area contributed by atoms with Crippen LogP contribution in [0, 0.1) is 6.92 Å². The van der Waals surface area contributed by atoms with Crippen molar-refractivity contribution in [2.24, 2.45) is 0 Å². The minimum absolute atomic E-state index is 0.201. The molecule has 0 bridgehead atoms. The molecule has 0 radical (unpaired) electrons.